The lowest BCUT2D eigenvalue weighted by atomic mass is 10.2. The third kappa shape index (κ3) is 2.84. The Balaban J connectivity index is 1.83. The van der Waals surface area contributed by atoms with Gasteiger partial charge in [0.05, 0.1) is 5.69 Å². The summed E-state index contributed by atoms with van der Waals surface area (Å²) in [6, 6.07) is 7.17. The summed E-state index contributed by atoms with van der Waals surface area (Å²) < 4.78 is 12.9. The minimum absolute atomic E-state index is 0.247. The maximum absolute atomic E-state index is 12.9. The van der Waals surface area contributed by atoms with Crippen molar-refractivity contribution in [1.82, 2.24) is 15.0 Å². The Morgan fingerprint density at radius 1 is 1.18 bits per heavy atom. The van der Waals surface area contributed by atoms with Gasteiger partial charge in [-0.25, -0.2) is 19.3 Å². The molecule has 2 aromatic heterocycles. The molecule has 0 radical (unpaired) electrons. The van der Waals surface area contributed by atoms with E-state index < -0.39 is 0 Å². The van der Waals surface area contributed by atoms with Crippen LogP contribution in [0.15, 0.2) is 48.2 Å². The summed E-state index contributed by atoms with van der Waals surface area (Å²) in [5.74, 6) is -0.622. The summed E-state index contributed by atoms with van der Waals surface area (Å²) in [5, 5.41) is 2.37. The number of carbonyl (C=O) groups is 1. The second-order valence-electron chi connectivity index (χ2n) is 4.48. The van der Waals surface area contributed by atoms with E-state index in [0.717, 1.165) is 0 Å². The molecule has 0 bridgehead atoms. The first-order valence-electron chi connectivity index (χ1n) is 6.40. The lowest BCUT2D eigenvalue weighted by Crippen LogP contribution is -2.26. The van der Waals surface area contributed by atoms with Crippen LogP contribution in [0.3, 0.4) is 0 Å². The molecule has 3 aromatic rings. The van der Waals surface area contributed by atoms with Crippen molar-refractivity contribution in [3.05, 3.63) is 59.6 Å². The molecule has 110 valence electrons. The highest BCUT2D eigenvalue weighted by atomic mass is 32.1. The van der Waals surface area contributed by atoms with Gasteiger partial charge in [-0.15, -0.1) is 11.3 Å². The Morgan fingerprint density at radius 3 is 2.64 bits per heavy atom. The first-order valence-corrected chi connectivity index (χ1v) is 7.28. The molecule has 0 aliphatic rings. The highest BCUT2D eigenvalue weighted by Gasteiger charge is 2.17. The molecule has 0 unspecified atom stereocenters. The van der Waals surface area contributed by atoms with Crippen LogP contribution in [0.1, 0.15) is 10.4 Å². The highest BCUT2D eigenvalue weighted by Crippen LogP contribution is 2.26. The van der Waals surface area contributed by atoms with Crippen molar-refractivity contribution in [3.8, 4) is 11.4 Å². The number of hydrogen-bond donors (Lipinski definition) is 0. The molecule has 1 aromatic carbocycles. The van der Waals surface area contributed by atoms with Gasteiger partial charge in [-0.3, -0.25) is 9.69 Å². The van der Waals surface area contributed by atoms with Gasteiger partial charge in [-0.05, 0) is 30.3 Å². The molecule has 0 aliphatic carbocycles. The Bertz CT molecular complexity index is 789. The lowest BCUT2D eigenvalue weighted by Gasteiger charge is -2.13. The van der Waals surface area contributed by atoms with Crippen molar-refractivity contribution in [2.45, 2.75) is 0 Å². The minimum Gasteiger partial charge on any atom is -0.287 e. The predicted molar refractivity (Wildman–Crippen MR) is 82.3 cm³/mol. The van der Waals surface area contributed by atoms with Gasteiger partial charge in [0, 0.05) is 24.2 Å². The van der Waals surface area contributed by atoms with E-state index in [-0.39, 0.29) is 11.7 Å². The maximum Gasteiger partial charge on any atom is 0.259 e. The third-order valence-electron chi connectivity index (χ3n) is 3.02. The van der Waals surface area contributed by atoms with Gasteiger partial charge in [-0.2, -0.15) is 0 Å². The Morgan fingerprint density at radius 2 is 1.95 bits per heavy atom. The number of benzene rings is 1. The Kier molecular flexibility index (Phi) is 3.88. The van der Waals surface area contributed by atoms with E-state index in [9.17, 15) is 9.18 Å². The summed E-state index contributed by atoms with van der Waals surface area (Å²) in [4.78, 5) is 26.2. The van der Waals surface area contributed by atoms with Gasteiger partial charge in [0.25, 0.3) is 5.91 Å². The van der Waals surface area contributed by atoms with E-state index in [2.05, 4.69) is 15.0 Å². The molecule has 0 saturated carbocycles. The SMILES string of the molecule is CN(C(=O)c1ccc(F)cc1)c1nc(-c2ccncn2)cs1. The Labute approximate surface area is 130 Å². The largest absolute Gasteiger partial charge is 0.287 e. The smallest absolute Gasteiger partial charge is 0.259 e. The standard InChI is InChI=1S/C15H11FN4OS/c1-20(14(21)10-2-4-11(16)5-3-10)15-19-13(8-22-15)12-6-7-17-9-18-12/h2-9H,1H3. The van der Waals surface area contributed by atoms with E-state index in [1.807, 2.05) is 5.38 Å². The molecule has 0 N–H and O–H groups in total. The normalized spacial score (nSPS) is 10.5. The van der Waals surface area contributed by atoms with Crippen molar-refractivity contribution in [1.29, 1.82) is 0 Å². The van der Waals surface area contributed by atoms with Crippen LogP contribution in [-0.4, -0.2) is 27.9 Å². The predicted octanol–water partition coefficient (Wildman–Crippen LogP) is 3.02. The number of halogens is 1. The zero-order valence-electron chi connectivity index (χ0n) is 11.6. The monoisotopic (exact) mass is 314 g/mol. The molecule has 0 atom stereocenters. The average molecular weight is 314 g/mol. The summed E-state index contributed by atoms with van der Waals surface area (Å²) in [6.07, 6.45) is 3.08. The summed E-state index contributed by atoms with van der Waals surface area (Å²) >= 11 is 1.34. The molecule has 0 spiro atoms. The number of nitrogens with zero attached hydrogens (tertiary/aromatic N) is 4. The van der Waals surface area contributed by atoms with Gasteiger partial charge in [0.2, 0.25) is 0 Å². The van der Waals surface area contributed by atoms with E-state index in [0.29, 0.717) is 22.1 Å². The average Bonchev–Trinajstić information content (AvgIpc) is 3.05. The molecule has 7 heteroatoms. The van der Waals surface area contributed by atoms with Crippen molar-refractivity contribution >= 4 is 22.4 Å². The Hall–Kier alpha value is -2.67. The van der Waals surface area contributed by atoms with E-state index in [4.69, 9.17) is 0 Å². The number of rotatable bonds is 3. The summed E-state index contributed by atoms with van der Waals surface area (Å²) in [7, 11) is 1.63. The first-order chi connectivity index (χ1) is 10.6. The van der Waals surface area contributed by atoms with Crippen molar-refractivity contribution in [3.63, 3.8) is 0 Å². The number of anilines is 1. The number of amides is 1. The fourth-order valence-electron chi connectivity index (χ4n) is 1.85. The number of hydrogen-bond acceptors (Lipinski definition) is 5. The quantitative estimate of drug-likeness (QED) is 0.745. The minimum atomic E-state index is -0.375. The van der Waals surface area contributed by atoms with Crippen LogP contribution in [0.25, 0.3) is 11.4 Å². The van der Waals surface area contributed by atoms with Gasteiger partial charge in [0.1, 0.15) is 17.8 Å². The van der Waals surface area contributed by atoms with Gasteiger partial charge in [-0.1, -0.05) is 0 Å². The lowest BCUT2D eigenvalue weighted by molar-refractivity contribution is 0.0993. The molecule has 22 heavy (non-hydrogen) atoms. The maximum atomic E-state index is 12.9. The fourth-order valence-corrected chi connectivity index (χ4v) is 2.63. The van der Waals surface area contributed by atoms with Crippen molar-refractivity contribution in [2.75, 3.05) is 11.9 Å². The molecule has 2 heterocycles. The molecule has 5 nitrogen and oxygen atoms in total. The van der Waals surface area contributed by atoms with Crippen molar-refractivity contribution < 1.29 is 9.18 Å². The van der Waals surface area contributed by atoms with Crippen LogP contribution in [0, 0.1) is 5.82 Å². The molecular weight excluding hydrogens is 303 g/mol. The zero-order valence-corrected chi connectivity index (χ0v) is 12.4. The molecule has 0 fully saturated rings. The second-order valence-corrected chi connectivity index (χ2v) is 5.32. The number of carbonyl (C=O) groups excluding carboxylic acids is 1. The van der Waals surface area contributed by atoms with Crippen LogP contribution in [0.2, 0.25) is 0 Å². The third-order valence-corrected chi connectivity index (χ3v) is 3.94. The van der Waals surface area contributed by atoms with Gasteiger partial charge >= 0.3 is 0 Å². The number of thiazole rings is 1. The van der Waals surface area contributed by atoms with E-state index >= 15 is 0 Å². The van der Waals surface area contributed by atoms with Gasteiger partial charge in [0.15, 0.2) is 5.13 Å². The second kappa shape index (κ2) is 5.98. The van der Waals surface area contributed by atoms with Crippen LogP contribution in [-0.2, 0) is 0 Å². The molecule has 0 saturated heterocycles. The van der Waals surface area contributed by atoms with E-state index in [1.165, 1.54) is 46.8 Å². The zero-order chi connectivity index (χ0) is 15.5. The number of aromatic nitrogens is 3. The topological polar surface area (TPSA) is 59.0 Å². The fraction of sp³-hybridized carbons (Fsp3) is 0.0667. The molecule has 0 aliphatic heterocycles. The molecule has 3 rings (SSSR count). The van der Waals surface area contributed by atoms with E-state index in [1.54, 1.807) is 19.3 Å². The van der Waals surface area contributed by atoms with Crippen LogP contribution in [0.4, 0.5) is 9.52 Å². The van der Waals surface area contributed by atoms with Crippen LogP contribution < -0.4 is 4.90 Å². The van der Waals surface area contributed by atoms with Gasteiger partial charge < -0.3 is 0 Å². The highest BCUT2D eigenvalue weighted by molar-refractivity contribution is 7.14. The summed E-state index contributed by atoms with van der Waals surface area (Å²) in [5.41, 5.74) is 1.78. The van der Waals surface area contributed by atoms with Crippen molar-refractivity contribution in [2.24, 2.45) is 0 Å². The summed E-state index contributed by atoms with van der Waals surface area (Å²) in [6.45, 7) is 0. The first kappa shape index (κ1) is 14.3. The molecular formula is C15H11FN4OS. The molecule has 1 amide bonds. The van der Waals surface area contributed by atoms with Crippen LogP contribution in [0.5, 0.6) is 0 Å². The van der Waals surface area contributed by atoms with Crippen LogP contribution >= 0.6 is 11.3 Å².